The van der Waals surface area contributed by atoms with Crippen molar-refractivity contribution >= 4 is 0 Å². The summed E-state index contributed by atoms with van der Waals surface area (Å²) in [6.45, 7) is 2.30. The number of hydrogen-bond donors (Lipinski definition) is 1. The minimum Gasteiger partial charge on any atom is -0.507 e. The summed E-state index contributed by atoms with van der Waals surface area (Å²) in [5.74, 6) is 1.99. The monoisotopic (exact) mass is 270 g/mol. The van der Waals surface area contributed by atoms with Crippen molar-refractivity contribution in [1.29, 1.82) is 0 Å². The number of rotatable bonds is 1. The van der Waals surface area contributed by atoms with Gasteiger partial charge in [0.2, 0.25) is 0 Å². The van der Waals surface area contributed by atoms with E-state index in [0.29, 0.717) is 12.4 Å². The molecule has 3 heteroatoms. The predicted molar refractivity (Wildman–Crippen MR) is 77.6 cm³/mol. The van der Waals surface area contributed by atoms with Gasteiger partial charge in [-0.05, 0) is 49.1 Å². The average molecular weight is 270 g/mol. The molecule has 4 bridgehead atoms. The molecule has 0 aromatic heterocycles. The lowest BCUT2D eigenvalue weighted by Crippen LogP contribution is -2.05. The number of aromatic hydroxyl groups is 1. The third-order valence-corrected chi connectivity index (χ3v) is 3.90. The number of methoxy groups -OCH3 is 1. The smallest absolute Gasteiger partial charge is 0.125 e. The second-order valence-corrected chi connectivity index (χ2v) is 5.13. The van der Waals surface area contributed by atoms with E-state index >= 15 is 0 Å². The van der Waals surface area contributed by atoms with E-state index in [1.807, 2.05) is 25.1 Å². The molecule has 0 saturated heterocycles. The summed E-state index contributed by atoms with van der Waals surface area (Å²) in [6.07, 6.45) is 1.66. The summed E-state index contributed by atoms with van der Waals surface area (Å²) < 4.78 is 11.2. The molecule has 1 heterocycles. The van der Waals surface area contributed by atoms with Crippen LogP contribution in [0.15, 0.2) is 30.3 Å². The van der Waals surface area contributed by atoms with E-state index in [1.165, 1.54) is 5.56 Å². The molecule has 3 rings (SSSR count). The fourth-order valence-corrected chi connectivity index (χ4v) is 2.66. The van der Waals surface area contributed by atoms with E-state index in [-0.39, 0.29) is 0 Å². The third kappa shape index (κ3) is 2.20. The van der Waals surface area contributed by atoms with E-state index in [0.717, 1.165) is 41.0 Å². The van der Waals surface area contributed by atoms with Crippen LogP contribution in [-0.4, -0.2) is 12.2 Å². The minimum atomic E-state index is 0.341. The molecule has 0 unspecified atom stereocenters. The van der Waals surface area contributed by atoms with Crippen molar-refractivity contribution < 1.29 is 14.6 Å². The molecule has 2 aromatic rings. The highest BCUT2D eigenvalue weighted by atomic mass is 16.5. The van der Waals surface area contributed by atoms with Crippen LogP contribution in [0.25, 0.3) is 0 Å². The van der Waals surface area contributed by atoms with Gasteiger partial charge in [-0.15, -0.1) is 0 Å². The van der Waals surface area contributed by atoms with Crippen molar-refractivity contribution in [3.8, 4) is 17.2 Å². The van der Waals surface area contributed by atoms with Gasteiger partial charge in [-0.1, -0.05) is 12.1 Å². The standard InChI is InChI=1S/C17H18O3/c1-11-15-10-20-14-5-3-4-12(8-14)6-7-13(17(15)18)9-16(11)19-2/h3-5,8-9,18H,6-7,10H2,1-2H3. The molecule has 0 saturated carbocycles. The summed E-state index contributed by atoms with van der Waals surface area (Å²) in [7, 11) is 1.65. The van der Waals surface area contributed by atoms with E-state index in [4.69, 9.17) is 9.47 Å². The third-order valence-electron chi connectivity index (χ3n) is 3.90. The first-order valence-corrected chi connectivity index (χ1v) is 6.79. The van der Waals surface area contributed by atoms with Crippen molar-refractivity contribution in [3.63, 3.8) is 0 Å². The molecule has 0 amide bonds. The Morgan fingerprint density at radius 3 is 2.85 bits per heavy atom. The highest BCUT2D eigenvalue weighted by molar-refractivity contribution is 5.53. The maximum absolute atomic E-state index is 10.4. The predicted octanol–water partition coefficient (Wildman–Crippen LogP) is 3.39. The first-order valence-electron chi connectivity index (χ1n) is 6.79. The summed E-state index contributed by atoms with van der Waals surface area (Å²) in [6, 6.07) is 10.0. The number of phenolic OH excluding ortho intramolecular Hbond substituents is 1. The fraction of sp³-hybridized carbons (Fsp3) is 0.294. The minimum absolute atomic E-state index is 0.341. The summed E-state index contributed by atoms with van der Waals surface area (Å²) in [5.41, 5.74) is 3.88. The maximum atomic E-state index is 10.4. The van der Waals surface area contributed by atoms with Gasteiger partial charge in [0.25, 0.3) is 0 Å². The average Bonchev–Trinajstić information content (AvgIpc) is 2.46. The molecule has 0 aliphatic carbocycles. The maximum Gasteiger partial charge on any atom is 0.125 e. The molecule has 0 radical (unpaired) electrons. The van der Waals surface area contributed by atoms with E-state index in [2.05, 4.69) is 12.1 Å². The van der Waals surface area contributed by atoms with Gasteiger partial charge in [0, 0.05) is 11.1 Å². The Kier molecular flexibility index (Phi) is 3.26. The lowest BCUT2D eigenvalue weighted by Gasteiger charge is -2.19. The zero-order valence-electron chi connectivity index (χ0n) is 11.8. The van der Waals surface area contributed by atoms with Crippen molar-refractivity contribution in [2.75, 3.05) is 7.11 Å². The van der Waals surface area contributed by atoms with Gasteiger partial charge < -0.3 is 14.6 Å². The second-order valence-electron chi connectivity index (χ2n) is 5.13. The van der Waals surface area contributed by atoms with E-state index < -0.39 is 0 Å². The first kappa shape index (κ1) is 12.9. The van der Waals surface area contributed by atoms with Crippen LogP contribution >= 0.6 is 0 Å². The SMILES string of the molecule is COc1cc2c(O)c(c1C)COc1cccc(c1)CC2. The number of benzene rings is 2. The zero-order chi connectivity index (χ0) is 14.1. The molecule has 20 heavy (non-hydrogen) atoms. The van der Waals surface area contributed by atoms with Crippen molar-refractivity contribution in [2.24, 2.45) is 0 Å². The first-order chi connectivity index (χ1) is 9.69. The number of fused-ring (bicyclic) bond motifs is 4. The number of phenols is 1. The highest BCUT2D eigenvalue weighted by Gasteiger charge is 2.17. The van der Waals surface area contributed by atoms with Gasteiger partial charge in [0.05, 0.1) is 7.11 Å². The van der Waals surface area contributed by atoms with Crippen LogP contribution < -0.4 is 9.47 Å². The van der Waals surface area contributed by atoms with Crippen LogP contribution in [0.5, 0.6) is 17.2 Å². The Labute approximate surface area is 118 Å². The summed E-state index contributed by atoms with van der Waals surface area (Å²) >= 11 is 0. The quantitative estimate of drug-likeness (QED) is 0.863. The lowest BCUT2D eigenvalue weighted by atomic mass is 9.97. The van der Waals surface area contributed by atoms with Gasteiger partial charge in [-0.2, -0.15) is 0 Å². The van der Waals surface area contributed by atoms with Crippen LogP contribution in [0.2, 0.25) is 0 Å². The largest absolute Gasteiger partial charge is 0.507 e. The molecule has 3 nitrogen and oxygen atoms in total. The summed E-state index contributed by atoms with van der Waals surface area (Å²) in [5, 5.41) is 10.4. The molecular weight excluding hydrogens is 252 g/mol. The van der Waals surface area contributed by atoms with Crippen LogP contribution in [0.4, 0.5) is 0 Å². The zero-order valence-corrected chi connectivity index (χ0v) is 11.8. The molecule has 104 valence electrons. The van der Waals surface area contributed by atoms with Crippen LogP contribution in [0, 0.1) is 6.92 Å². The Balaban J connectivity index is 2.10. The molecular formula is C17H18O3. The lowest BCUT2D eigenvalue weighted by molar-refractivity contribution is 0.295. The molecule has 1 N–H and O–H groups in total. The normalized spacial score (nSPS) is 13.5. The second kappa shape index (κ2) is 5.08. The van der Waals surface area contributed by atoms with E-state index in [9.17, 15) is 5.11 Å². The molecule has 0 spiro atoms. The number of hydrogen-bond acceptors (Lipinski definition) is 3. The van der Waals surface area contributed by atoms with Crippen molar-refractivity contribution in [3.05, 3.63) is 52.6 Å². The van der Waals surface area contributed by atoms with Gasteiger partial charge >= 0.3 is 0 Å². The van der Waals surface area contributed by atoms with Crippen molar-refractivity contribution in [2.45, 2.75) is 26.4 Å². The molecule has 1 aliphatic heterocycles. The van der Waals surface area contributed by atoms with Gasteiger partial charge in [0.15, 0.2) is 0 Å². The summed E-state index contributed by atoms with van der Waals surface area (Å²) in [4.78, 5) is 0. The Morgan fingerprint density at radius 1 is 1.20 bits per heavy atom. The Morgan fingerprint density at radius 2 is 2.05 bits per heavy atom. The topological polar surface area (TPSA) is 38.7 Å². The van der Waals surface area contributed by atoms with Crippen LogP contribution in [-0.2, 0) is 19.4 Å². The Bertz CT molecular complexity index is 647. The van der Waals surface area contributed by atoms with Crippen LogP contribution in [0.3, 0.4) is 0 Å². The van der Waals surface area contributed by atoms with Gasteiger partial charge in [0.1, 0.15) is 23.9 Å². The van der Waals surface area contributed by atoms with Crippen LogP contribution in [0.1, 0.15) is 22.3 Å². The highest BCUT2D eigenvalue weighted by Crippen LogP contribution is 2.35. The molecule has 0 fully saturated rings. The molecule has 1 aliphatic rings. The Hall–Kier alpha value is -2.16. The molecule has 0 atom stereocenters. The number of ether oxygens (including phenoxy) is 2. The van der Waals surface area contributed by atoms with E-state index in [1.54, 1.807) is 7.11 Å². The van der Waals surface area contributed by atoms with Gasteiger partial charge in [-0.3, -0.25) is 0 Å². The van der Waals surface area contributed by atoms with Crippen molar-refractivity contribution in [1.82, 2.24) is 0 Å². The molecule has 2 aromatic carbocycles. The fourth-order valence-electron chi connectivity index (χ4n) is 2.66. The number of aryl methyl sites for hydroxylation is 2. The van der Waals surface area contributed by atoms with Gasteiger partial charge in [-0.25, -0.2) is 0 Å².